The number of rotatable bonds is 2. The Balaban J connectivity index is 1.85. The Kier molecular flexibility index (Phi) is 4.52. The fourth-order valence-electron chi connectivity index (χ4n) is 4.68. The van der Waals surface area contributed by atoms with E-state index in [1.54, 1.807) is 6.07 Å². The predicted octanol–water partition coefficient (Wildman–Crippen LogP) is 4.01. The fourth-order valence-corrected chi connectivity index (χ4v) is 4.68. The van der Waals surface area contributed by atoms with Crippen molar-refractivity contribution in [3.05, 3.63) is 59.2 Å². The number of nitrogens with one attached hydrogen (secondary N) is 2. The van der Waals surface area contributed by atoms with Gasteiger partial charge < -0.3 is 20.1 Å². The number of carbonyl (C=O) groups is 2. The van der Waals surface area contributed by atoms with Gasteiger partial charge in [-0.2, -0.15) is 0 Å². The number of fused-ring (bicyclic) bond motifs is 1. The van der Waals surface area contributed by atoms with Crippen LogP contribution in [0.3, 0.4) is 0 Å². The van der Waals surface area contributed by atoms with Gasteiger partial charge in [0.2, 0.25) is 0 Å². The van der Waals surface area contributed by atoms with Crippen LogP contribution in [-0.4, -0.2) is 23.3 Å². The van der Waals surface area contributed by atoms with Gasteiger partial charge in [-0.3, -0.25) is 4.79 Å². The molecule has 2 heterocycles. The molecule has 1 saturated heterocycles. The number of hydrogen-bond donors (Lipinski definition) is 2. The van der Waals surface area contributed by atoms with E-state index in [1.165, 1.54) is 6.92 Å². The molecule has 1 spiro atoms. The minimum Gasteiger partial charge on any atom is -0.467 e. The van der Waals surface area contributed by atoms with Crippen molar-refractivity contribution in [2.24, 2.45) is 0 Å². The van der Waals surface area contributed by atoms with Gasteiger partial charge in [0.05, 0.1) is 0 Å². The molecule has 0 aliphatic carbocycles. The van der Waals surface area contributed by atoms with Gasteiger partial charge in [-0.15, -0.1) is 0 Å². The Morgan fingerprint density at radius 2 is 1.90 bits per heavy atom. The highest BCUT2D eigenvalue weighted by Gasteiger charge is 2.50. The number of amides is 2. The second-order valence-electron chi connectivity index (χ2n) is 8.65. The SMILES string of the molecule is CC(=O)Oc1cc(C)c2c(c1)O[C@]1(C[C@H]2c2ccccc2)CC(C)(C)NC(=O)N1. The van der Waals surface area contributed by atoms with Crippen molar-refractivity contribution < 1.29 is 19.1 Å². The standard InChI is InChI=1S/C23H26N2O4/c1-14-10-17(28-15(2)26)11-19-20(14)18(16-8-6-5-7-9-16)12-23(29-19)13-22(3,4)24-21(27)25-23/h5-11,18H,12-13H2,1-4H3,(H2,24,25,27)/t18-,23+/m0/s1. The van der Waals surface area contributed by atoms with Gasteiger partial charge in [-0.1, -0.05) is 30.3 Å². The van der Waals surface area contributed by atoms with Crippen molar-refractivity contribution in [2.75, 3.05) is 0 Å². The van der Waals surface area contributed by atoms with Crippen molar-refractivity contribution in [1.82, 2.24) is 10.6 Å². The molecule has 0 bridgehead atoms. The van der Waals surface area contributed by atoms with Gasteiger partial charge in [0.1, 0.15) is 11.5 Å². The quantitative estimate of drug-likeness (QED) is 0.596. The molecule has 2 amide bonds. The highest BCUT2D eigenvalue weighted by atomic mass is 16.5. The van der Waals surface area contributed by atoms with Crippen LogP contribution in [0.5, 0.6) is 11.5 Å². The molecule has 29 heavy (non-hydrogen) atoms. The zero-order valence-electron chi connectivity index (χ0n) is 17.2. The zero-order valence-corrected chi connectivity index (χ0v) is 17.2. The van der Waals surface area contributed by atoms with E-state index in [9.17, 15) is 9.59 Å². The summed E-state index contributed by atoms with van der Waals surface area (Å²) in [6.07, 6.45) is 1.22. The Morgan fingerprint density at radius 1 is 1.17 bits per heavy atom. The maximum absolute atomic E-state index is 12.4. The summed E-state index contributed by atoms with van der Waals surface area (Å²) >= 11 is 0. The molecule has 6 heteroatoms. The van der Waals surface area contributed by atoms with E-state index >= 15 is 0 Å². The lowest BCUT2D eigenvalue weighted by Gasteiger charge is -2.49. The molecule has 152 valence electrons. The van der Waals surface area contributed by atoms with E-state index in [1.807, 2.05) is 45.0 Å². The second-order valence-corrected chi connectivity index (χ2v) is 8.65. The monoisotopic (exact) mass is 394 g/mol. The highest BCUT2D eigenvalue weighted by Crippen LogP contribution is 2.49. The van der Waals surface area contributed by atoms with Crippen LogP contribution >= 0.6 is 0 Å². The van der Waals surface area contributed by atoms with Crippen molar-refractivity contribution in [3.8, 4) is 11.5 Å². The normalized spacial score (nSPS) is 24.7. The van der Waals surface area contributed by atoms with E-state index < -0.39 is 11.3 Å². The summed E-state index contributed by atoms with van der Waals surface area (Å²) in [4.78, 5) is 23.9. The summed E-state index contributed by atoms with van der Waals surface area (Å²) in [5.74, 6) is 0.739. The van der Waals surface area contributed by atoms with Crippen LogP contribution < -0.4 is 20.1 Å². The second kappa shape index (κ2) is 6.79. The van der Waals surface area contributed by atoms with E-state index in [-0.39, 0.29) is 17.9 Å². The predicted molar refractivity (Wildman–Crippen MR) is 109 cm³/mol. The first-order valence-electron chi connectivity index (χ1n) is 9.84. The van der Waals surface area contributed by atoms with E-state index in [4.69, 9.17) is 9.47 Å². The number of esters is 1. The van der Waals surface area contributed by atoms with Crippen LogP contribution in [0.15, 0.2) is 42.5 Å². The average Bonchev–Trinajstić information content (AvgIpc) is 2.58. The molecule has 6 nitrogen and oxygen atoms in total. The van der Waals surface area contributed by atoms with E-state index in [2.05, 4.69) is 22.8 Å². The molecule has 2 N–H and O–H groups in total. The van der Waals surface area contributed by atoms with Gasteiger partial charge in [0.25, 0.3) is 0 Å². The van der Waals surface area contributed by atoms with Crippen molar-refractivity contribution in [1.29, 1.82) is 0 Å². The summed E-state index contributed by atoms with van der Waals surface area (Å²) in [5, 5.41) is 5.98. The minimum absolute atomic E-state index is 0.0422. The third-order valence-corrected chi connectivity index (χ3v) is 5.49. The summed E-state index contributed by atoms with van der Waals surface area (Å²) in [5.41, 5.74) is 1.94. The lowest BCUT2D eigenvalue weighted by molar-refractivity contribution is -0.131. The number of hydrogen-bond acceptors (Lipinski definition) is 4. The molecule has 2 aliphatic heterocycles. The minimum atomic E-state index is -0.847. The summed E-state index contributed by atoms with van der Waals surface area (Å²) in [7, 11) is 0. The molecule has 2 aliphatic rings. The molecule has 2 atom stereocenters. The third kappa shape index (κ3) is 3.79. The molecule has 0 unspecified atom stereocenters. The first-order valence-corrected chi connectivity index (χ1v) is 9.84. The van der Waals surface area contributed by atoms with Crippen LogP contribution in [-0.2, 0) is 4.79 Å². The first-order chi connectivity index (χ1) is 13.7. The van der Waals surface area contributed by atoms with Crippen molar-refractivity contribution >= 4 is 12.0 Å². The first kappa shape index (κ1) is 19.3. The van der Waals surface area contributed by atoms with Gasteiger partial charge in [0, 0.05) is 42.9 Å². The molecule has 1 fully saturated rings. The molecule has 2 aromatic carbocycles. The van der Waals surface area contributed by atoms with Crippen molar-refractivity contribution in [3.63, 3.8) is 0 Å². The van der Waals surface area contributed by atoms with Crippen LogP contribution in [0.1, 0.15) is 56.2 Å². The number of ether oxygens (including phenoxy) is 2. The number of urea groups is 1. The Labute approximate surface area is 170 Å². The van der Waals surface area contributed by atoms with Crippen LogP contribution in [0.2, 0.25) is 0 Å². The molecular weight excluding hydrogens is 368 g/mol. The zero-order chi connectivity index (χ0) is 20.8. The Bertz CT molecular complexity index is 970. The lowest BCUT2D eigenvalue weighted by Crippen LogP contribution is -2.69. The molecule has 0 saturated carbocycles. The summed E-state index contributed by atoms with van der Waals surface area (Å²) in [6.45, 7) is 7.35. The lowest BCUT2D eigenvalue weighted by atomic mass is 9.76. The van der Waals surface area contributed by atoms with E-state index in [0.717, 1.165) is 16.7 Å². The maximum atomic E-state index is 12.4. The largest absolute Gasteiger partial charge is 0.467 e. The number of aryl methyl sites for hydroxylation is 1. The summed E-state index contributed by atoms with van der Waals surface area (Å²) in [6, 6.07) is 13.6. The third-order valence-electron chi connectivity index (χ3n) is 5.49. The van der Waals surface area contributed by atoms with Crippen molar-refractivity contribution in [2.45, 2.75) is 57.7 Å². The number of carbonyl (C=O) groups excluding carboxylic acids is 2. The van der Waals surface area contributed by atoms with Crippen LogP contribution in [0, 0.1) is 6.92 Å². The molecular formula is C23H26N2O4. The number of benzene rings is 2. The van der Waals surface area contributed by atoms with Crippen LogP contribution in [0.4, 0.5) is 4.79 Å². The Morgan fingerprint density at radius 3 is 2.55 bits per heavy atom. The van der Waals surface area contributed by atoms with Gasteiger partial charge in [-0.25, -0.2) is 4.79 Å². The molecule has 0 aromatic heterocycles. The Hall–Kier alpha value is -3.02. The molecule has 2 aromatic rings. The van der Waals surface area contributed by atoms with E-state index in [0.29, 0.717) is 24.3 Å². The van der Waals surface area contributed by atoms with Gasteiger partial charge in [0.15, 0.2) is 5.72 Å². The fraction of sp³-hybridized carbons (Fsp3) is 0.391. The van der Waals surface area contributed by atoms with Crippen LogP contribution in [0.25, 0.3) is 0 Å². The average molecular weight is 394 g/mol. The topological polar surface area (TPSA) is 76.7 Å². The maximum Gasteiger partial charge on any atom is 0.318 e. The van der Waals surface area contributed by atoms with Gasteiger partial charge in [-0.05, 0) is 38.0 Å². The summed E-state index contributed by atoms with van der Waals surface area (Å²) < 4.78 is 11.8. The highest BCUT2D eigenvalue weighted by molar-refractivity contribution is 5.77. The molecule has 4 rings (SSSR count). The van der Waals surface area contributed by atoms with Gasteiger partial charge >= 0.3 is 12.0 Å². The smallest absolute Gasteiger partial charge is 0.318 e. The molecule has 0 radical (unpaired) electrons.